The molecular formula is C26H26N2O4. The molecule has 6 heteroatoms. The van der Waals surface area contributed by atoms with Crippen LogP contribution < -0.4 is 10.6 Å². The number of benzene rings is 3. The topological polar surface area (TPSA) is 84.5 Å². The van der Waals surface area contributed by atoms with Crippen molar-refractivity contribution in [2.45, 2.75) is 26.2 Å². The lowest BCUT2D eigenvalue weighted by molar-refractivity contribution is 0.0600. The van der Waals surface area contributed by atoms with Crippen molar-refractivity contribution in [2.24, 2.45) is 0 Å². The maximum atomic E-state index is 12.6. The number of hydrogen-bond donors (Lipinski definition) is 2. The van der Waals surface area contributed by atoms with Crippen LogP contribution >= 0.6 is 0 Å². The third kappa shape index (κ3) is 5.60. The summed E-state index contributed by atoms with van der Waals surface area (Å²) in [7, 11) is 1.30. The first-order chi connectivity index (χ1) is 15.2. The molecule has 0 heterocycles. The number of anilines is 2. The van der Waals surface area contributed by atoms with E-state index in [0.29, 0.717) is 28.1 Å². The van der Waals surface area contributed by atoms with Gasteiger partial charge in [-0.15, -0.1) is 0 Å². The monoisotopic (exact) mass is 430 g/mol. The van der Waals surface area contributed by atoms with E-state index in [1.165, 1.54) is 19.2 Å². The number of hydrogen-bond acceptors (Lipinski definition) is 4. The van der Waals surface area contributed by atoms with Gasteiger partial charge in [0, 0.05) is 22.5 Å². The van der Waals surface area contributed by atoms with Gasteiger partial charge in [-0.25, -0.2) is 4.79 Å². The molecule has 0 aliphatic heterocycles. The van der Waals surface area contributed by atoms with Gasteiger partial charge in [0.25, 0.3) is 11.8 Å². The molecule has 0 unspecified atom stereocenters. The zero-order valence-corrected chi connectivity index (χ0v) is 18.6. The van der Waals surface area contributed by atoms with Gasteiger partial charge in [0.15, 0.2) is 0 Å². The van der Waals surface area contributed by atoms with Crippen molar-refractivity contribution in [3.8, 4) is 0 Å². The summed E-state index contributed by atoms with van der Waals surface area (Å²) >= 11 is 0. The van der Waals surface area contributed by atoms with Crippen LogP contribution in [0.5, 0.6) is 0 Å². The van der Waals surface area contributed by atoms with Gasteiger partial charge in [-0.1, -0.05) is 39.0 Å². The van der Waals surface area contributed by atoms with Crippen LogP contribution in [0.1, 0.15) is 57.4 Å². The number of rotatable bonds is 5. The van der Waals surface area contributed by atoms with Crippen LogP contribution in [0.15, 0.2) is 72.8 Å². The fraction of sp³-hybridized carbons (Fsp3) is 0.192. The summed E-state index contributed by atoms with van der Waals surface area (Å²) in [6, 6.07) is 20.6. The average Bonchev–Trinajstić information content (AvgIpc) is 2.78. The molecule has 3 rings (SSSR count). The van der Waals surface area contributed by atoms with E-state index in [-0.39, 0.29) is 17.2 Å². The Hall–Kier alpha value is -3.93. The van der Waals surface area contributed by atoms with Crippen LogP contribution in [-0.2, 0) is 10.2 Å². The first kappa shape index (κ1) is 22.7. The highest BCUT2D eigenvalue weighted by atomic mass is 16.5. The number of nitrogens with one attached hydrogen (secondary N) is 2. The summed E-state index contributed by atoms with van der Waals surface area (Å²) in [6.45, 7) is 6.36. The average molecular weight is 431 g/mol. The van der Waals surface area contributed by atoms with E-state index in [1.807, 2.05) is 12.1 Å². The predicted molar refractivity (Wildman–Crippen MR) is 125 cm³/mol. The Morgan fingerprint density at radius 2 is 1.12 bits per heavy atom. The minimum Gasteiger partial charge on any atom is -0.465 e. The number of methoxy groups -OCH3 is 1. The van der Waals surface area contributed by atoms with E-state index in [0.717, 1.165) is 5.56 Å². The lowest BCUT2D eigenvalue weighted by atomic mass is 9.87. The third-order valence-corrected chi connectivity index (χ3v) is 4.96. The number of esters is 1. The maximum Gasteiger partial charge on any atom is 0.337 e. The van der Waals surface area contributed by atoms with E-state index in [1.54, 1.807) is 48.5 Å². The maximum absolute atomic E-state index is 12.6. The number of carbonyl (C=O) groups excluding carboxylic acids is 3. The summed E-state index contributed by atoms with van der Waals surface area (Å²) in [5.74, 6) is -1.02. The zero-order chi connectivity index (χ0) is 23.3. The first-order valence-electron chi connectivity index (χ1n) is 10.2. The first-order valence-corrected chi connectivity index (χ1v) is 10.2. The second-order valence-electron chi connectivity index (χ2n) is 8.39. The molecule has 164 valence electrons. The highest BCUT2D eigenvalue weighted by Gasteiger charge is 2.15. The molecule has 0 aliphatic carbocycles. The molecule has 0 radical (unpaired) electrons. The molecule has 2 N–H and O–H groups in total. The molecule has 0 fully saturated rings. The fourth-order valence-electron chi connectivity index (χ4n) is 3.08. The highest BCUT2D eigenvalue weighted by molar-refractivity contribution is 6.06. The number of ether oxygens (including phenoxy) is 1. The van der Waals surface area contributed by atoms with Gasteiger partial charge >= 0.3 is 5.97 Å². The van der Waals surface area contributed by atoms with Crippen LogP contribution in [-0.4, -0.2) is 24.9 Å². The van der Waals surface area contributed by atoms with Crippen molar-refractivity contribution in [1.82, 2.24) is 0 Å². The zero-order valence-electron chi connectivity index (χ0n) is 18.6. The smallest absolute Gasteiger partial charge is 0.337 e. The van der Waals surface area contributed by atoms with Crippen LogP contribution in [0.3, 0.4) is 0 Å². The Balaban J connectivity index is 1.66. The summed E-state index contributed by atoms with van der Waals surface area (Å²) in [6.07, 6.45) is 0. The van der Waals surface area contributed by atoms with Crippen molar-refractivity contribution in [1.29, 1.82) is 0 Å². The standard InChI is InChI=1S/C26H26N2O4/c1-26(2,3)20-14-12-18(13-15-20)24(30)28-22-7-5-6-21(16-22)27-23(29)17-8-10-19(11-9-17)25(31)32-4/h5-16H,1-4H3,(H,27,29)(H,28,30). The lowest BCUT2D eigenvalue weighted by Gasteiger charge is -2.19. The Morgan fingerprint density at radius 3 is 1.56 bits per heavy atom. The minimum absolute atomic E-state index is 0.0151. The Morgan fingerprint density at radius 1 is 0.688 bits per heavy atom. The molecule has 0 aliphatic rings. The summed E-state index contributed by atoms with van der Waals surface area (Å²) in [5, 5.41) is 5.65. The van der Waals surface area contributed by atoms with Gasteiger partial charge in [0.05, 0.1) is 12.7 Å². The quantitative estimate of drug-likeness (QED) is 0.540. The summed E-state index contributed by atoms with van der Waals surface area (Å²) < 4.78 is 4.66. The van der Waals surface area contributed by atoms with Crippen molar-refractivity contribution < 1.29 is 19.1 Å². The minimum atomic E-state index is -0.464. The predicted octanol–water partition coefficient (Wildman–Crippen LogP) is 5.28. The van der Waals surface area contributed by atoms with Gasteiger partial charge in [-0.05, 0) is 65.6 Å². The fourth-order valence-corrected chi connectivity index (χ4v) is 3.08. The molecule has 0 spiro atoms. The van der Waals surface area contributed by atoms with E-state index in [9.17, 15) is 14.4 Å². The van der Waals surface area contributed by atoms with Crippen LogP contribution in [0.4, 0.5) is 11.4 Å². The van der Waals surface area contributed by atoms with Crippen LogP contribution in [0.2, 0.25) is 0 Å². The molecule has 3 aromatic carbocycles. The molecule has 0 saturated carbocycles. The lowest BCUT2D eigenvalue weighted by Crippen LogP contribution is -2.15. The van der Waals surface area contributed by atoms with Crippen molar-refractivity contribution in [3.63, 3.8) is 0 Å². The van der Waals surface area contributed by atoms with Crippen molar-refractivity contribution in [3.05, 3.63) is 95.1 Å². The molecule has 0 aromatic heterocycles. The largest absolute Gasteiger partial charge is 0.465 e. The normalized spacial score (nSPS) is 10.9. The molecule has 0 atom stereocenters. The van der Waals surface area contributed by atoms with E-state index < -0.39 is 5.97 Å². The molecule has 3 aromatic rings. The second kappa shape index (κ2) is 9.47. The molecule has 2 amide bonds. The van der Waals surface area contributed by atoms with Gasteiger partial charge < -0.3 is 15.4 Å². The Kier molecular flexibility index (Phi) is 6.73. The van der Waals surface area contributed by atoms with Crippen LogP contribution in [0, 0.1) is 0 Å². The van der Waals surface area contributed by atoms with E-state index >= 15 is 0 Å². The van der Waals surface area contributed by atoms with Gasteiger partial charge in [-0.3, -0.25) is 9.59 Å². The Labute approximate surface area is 187 Å². The SMILES string of the molecule is COC(=O)c1ccc(C(=O)Nc2cccc(NC(=O)c3ccc(C(C)(C)C)cc3)c2)cc1. The van der Waals surface area contributed by atoms with Crippen LogP contribution in [0.25, 0.3) is 0 Å². The van der Waals surface area contributed by atoms with Gasteiger partial charge in [-0.2, -0.15) is 0 Å². The second-order valence-corrected chi connectivity index (χ2v) is 8.39. The molecule has 0 bridgehead atoms. The number of amides is 2. The van der Waals surface area contributed by atoms with E-state index in [4.69, 9.17) is 0 Å². The van der Waals surface area contributed by atoms with Gasteiger partial charge in [0.2, 0.25) is 0 Å². The number of carbonyl (C=O) groups is 3. The molecule has 0 saturated heterocycles. The van der Waals surface area contributed by atoms with Crippen molar-refractivity contribution in [2.75, 3.05) is 17.7 Å². The molecule has 6 nitrogen and oxygen atoms in total. The summed E-state index contributed by atoms with van der Waals surface area (Å²) in [5.41, 5.74) is 3.58. The molecular weight excluding hydrogens is 404 g/mol. The Bertz CT molecular complexity index is 1130. The van der Waals surface area contributed by atoms with Crippen molar-refractivity contribution >= 4 is 29.2 Å². The van der Waals surface area contributed by atoms with E-state index in [2.05, 4.69) is 36.1 Å². The highest BCUT2D eigenvalue weighted by Crippen LogP contribution is 2.23. The molecule has 32 heavy (non-hydrogen) atoms. The summed E-state index contributed by atoms with van der Waals surface area (Å²) in [4.78, 5) is 36.6. The van der Waals surface area contributed by atoms with Gasteiger partial charge in [0.1, 0.15) is 0 Å². The third-order valence-electron chi connectivity index (χ3n) is 4.96.